The number of nitrogens with zero attached hydrogens (tertiary/aromatic N) is 2. The maximum atomic E-state index is 12.5. The van der Waals surface area contributed by atoms with Crippen LogP contribution in [0.5, 0.6) is 0 Å². The van der Waals surface area contributed by atoms with Gasteiger partial charge < -0.3 is 10.6 Å². The molecule has 0 atom stereocenters. The highest BCUT2D eigenvalue weighted by atomic mass is 35.5. The Morgan fingerprint density at radius 1 is 0.778 bits per heavy atom. The van der Waals surface area contributed by atoms with E-state index < -0.39 is 5.91 Å². The van der Waals surface area contributed by atoms with Gasteiger partial charge in [-0.05, 0) is 56.3 Å². The Kier molecular flexibility index (Phi) is 5.47. The molecule has 0 fully saturated rings. The van der Waals surface area contributed by atoms with Gasteiger partial charge in [-0.3, -0.25) is 9.59 Å². The van der Waals surface area contributed by atoms with Crippen molar-refractivity contribution in [3.05, 3.63) is 82.4 Å². The molecule has 3 rings (SSSR count). The minimum atomic E-state index is -0.398. The third-order valence-electron chi connectivity index (χ3n) is 3.72. The number of hydrogen-bond acceptors (Lipinski definition) is 4. The highest BCUT2D eigenvalue weighted by Gasteiger charge is 2.14. The van der Waals surface area contributed by atoms with Gasteiger partial charge >= 0.3 is 0 Å². The van der Waals surface area contributed by atoms with E-state index in [1.807, 2.05) is 0 Å². The maximum absolute atomic E-state index is 12.5. The summed E-state index contributed by atoms with van der Waals surface area (Å²) in [7, 11) is 0. The molecule has 0 aliphatic rings. The van der Waals surface area contributed by atoms with Crippen LogP contribution < -0.4 is 10.6 Å². The number of amides is 2. The molecular formula is C20H17ClN4O2. The van der Waals surface area contributed by atoms with Crippen molar-refractivity contribution < 1.29 is 9.59 Å². The first-order valence-electron chi connectivity index (χ1n) is 8.22. The lowest BCUT2D eigenvalue weighted by molar-refractivity contribution is 0.101. The van der Waals surface area contributed by atoms with E-state index in [1.165, 1.54) is 0 Å². The van der Waals surface area contributed by atoms with Crippen molar-refractivity contribution >= 4 is 34.8 Å². The van der Waals surface area contributed by atoms with Gasteiger partial charge in [0.25, 0.3) is 11.8 Å². The molecular weight excluding hydrogens is 364 g/mol. The molecule has 27 heavy (non-hydrogen) atoms. The van der Waals surface area contributed by atoms with Crippen LogP contribution in [0.25, 0.3) is 0 Å². The summed E-state index contributed by atoms with van der Waals surface area (Å²) in [5, 5.41) is 5.92. The second-order valence-corrected chi connectivity index (χ2v) is 6.36. The summed E-state index contributed by atoms with van der Waals surface area (Å²) in [4.78, 5) is 33.4. The van der Waals surface area contributed by atoms with E-state index in [9.17, 15) is 9.59 Å². The molecule has 136 valence electrons. The molecule has 2 heterocycles. The Balaban J connectivity index is 1.85. The highest BCUT2D eigenvalue weighted by Crippen LogP contribution is 2.26. The normalized spacial score (nSPS) is 10.3. The number of carbonyl (C=O) groups excluding carboxylic acids is 2. The van der Waals surface area contributed by atoms with Crippen LogP contribution in [0.15, 0.2) is 54.6 Å². The van der Waals surface area contributed by atoms with Gasteiger partial charge in [-0.2, -0.15) is 0 Å². The molecule has 0 spiro atoms. The number of halogens is 1. The van der Waals surface area contributed by atoms with Gasteiger partial charge in [0.1, 0.15) is 11.4 Å². The molecule has 1 aromatic carbocycles. The van der Waals surface area contributed by atoms with Crippen LogP contribution in [0.4, 0.5) is 11.4 Å². The Labute approximate surface area is 161 Å². The van der Waals surface area contributed by atoms with E-state index in [2.05, 4.69) is 20.6 Å². The van der Waals surface area contributed by atoms with Crippen molar-refractivity contribution in [2.75, 3.05) is 10.6 Å². The molecule has 7 heteroatoms. The fraction of sp³-hybridized carbons (Fsp3) is 0.100. The summed E-state index contributed by atoms with van der Waals surface area (Å²) in [5.74, 6) is -0.782. The number of benzene rings is 1. The van der Waals surface area contributed by atoms with Crippen molar-refractivity contribution in [1.82, 2.24) is 9.97 Å². The molecule has 2 N–H and O–H groups in total. The van der Waals surface area contributed by atoms with Gasteiger partial charge in [-0.25, -0.2) is 9.97 Å². The molecule has 0 aliphatic heterocycles. The number of nitrogens with one attached hydrogen (secondary N) is 2. The predicted octanol–water partition coefficient (Wildman–Crippen LogP) is 4.25. The summed E-state index contributed by atoms with van der Waals surface area (Å²) in [5.41, 5.74) is 2.80. The molecule has 2 amide bonds. The molecule has 6 nitrogen and oxygen atoms in total. The second-order valence-electron chi connectivity index (χ2n) is 5.93. The van der Waals surface area contributed by atoms with Crippen molar-refractivity contribution in [3.63, 3.8) is 0 Å². The first-order valence-corrected chi connectivity index (χ1v) is 8.60. The van der Waals surface area contributed by atoms with Crippen molar-refractivity contribution in [1.29, 1.82) is 0 Å². The third-order valence-corrected chi connectivity index (χ3v) is 3.96. The van der Waals surface area contributed by atoms with Crippen molar-refractivity contribution in [2.45, 2.75) is 13.8 Å². The lowest BCUT2D eigenvalue weighted by atomic mass is 10.2. The van der Waals surface area contributed by atoms with Crippen LogP contribution in [0.2, 0.25) is 5.02 Å². The van der Waals surface area contributed by atoms with Crippen LogP contribution in [0.3, 0.4) is 0 Å². The van der Waals surface area contributed by atoms with Crippen LogP contribution in [-0.2, 0) is 0 Å². The SMILES string of the molecule is Cc1cccc(C(=O)Nc2ccc(Cl)cc2NC(=O)c2cccc(C)n2)n1. The van der Waals surface area contributed by atoms with Crippen LogP contribution in [0.1, 0.15) is 32.4 Å². The average Bonchev–Trinajstić information content (AvgIpc) is 2.64. The van der Waals surface area contributed by atoms with E-state index >= 15 is 0 Å². The molecule has 0 radical (unpaired) electrons. The number of pyridine rings is 2. The molecule has 0 aliphatic carbocycles. The second kappa shape index (κ2) is 7.97. The van der Waals surface area contributed by atoms with Crippen molar-refractivity contribution in [2.24, 2.45) is 0 Å². The number of carbonyl (C=O) groups is 2. The molecule has 0 unspecified atom stereocenters. The third kappa shape index (κ3) is 4.68. The Bertz CT molecular complexity index is 1020. The number of aromatic nitrogens is 2. The Morgan fingerprint density at radius 2 is 1.30 bits per heavy atom. The Morgan fingerprint density at radius 3 is 1.81 bits per heavy atom. The maximum Gasteiger partial charge on any atom is 0.274 e. The van der Waals surface area contributed by atoms with Gasteiger partial charge in [0.15, 0.2) is 0 Å². The Hall–Kier alpha value is -3.25. The van der Waals surface area contributed by atoms with Crippen LogP contribution >= 0.6 is 11.6 Å². The lowest BCUT2D eigenvalue weighted by Gasteiger charge is -2.13. The molecule has 3 aromatic rings. The van der Waals surface area contributed by atoms with Gasteiger partial charge in [0.2, 0.25) is 0 Å². The molecule has 0 saturated carbocycles. The summed E-state index contributed by atoms with van der Waals surface area (Å²) in [6.45, 7) is 3.61. The monoisotopic (exact) mass is 380 g/mol. The number of rotatable bonds is 4. The summed E-state index contributed by atoms with van der Waals surface area (Å²) >= 11 is 6.05. The zero-order valence-corrected chi connectivity index (χ0v) is 15.5. The van der Waals surface area contributed by atoms with E-state index in [0.717, 1.165) is 11.4 Å². The summed E-state index contributed by atoms with van der Waals surface area (Å²) < 4.78 is 0. The number of anilines is 2. The molecule has 0 saturated heterocycles. The quantitative estimate of drug-likeness (QED) is 0.708. The van der Waals surface area contributed by atoms with Crippen LogP contribution in [0, 0.1) is 13.8 Å². The number of hydrogen-bond donors (Lipinski definition) is 2. The van der Waals surface area contributed by atoms with Gasteiger partial charge in [-0.1, -0.05) is 23.7 Å². The van der Waals surface area contributed by atoms with E-state index in [1.54, 1.807) is 68.4 Å². The summed E-state index contributed by atoms with van der Waals surface area (Å²) in [6.07, 6.45) is 0. The topological polar surface area (TPSA) is 84.0 Å². The van der Waals surface area contributed by atoms with Gasteiger partial charge in [0.05, 0.1) is 11.4 Å². The first kappa shape index (κ1) is 18.5. The summed E-state index contributed by atoms with van der Waals surface area (Å²) in [6, 6.07) is 15.2. The molecule has 2 aromatic heterocycles. The first-order chi connectivity index (χ1) is 12.9. The fourth-order valence-corrected chi connectivity index (χ4v) is 2.61. The van der Waals surface area contributed by atoms with E-state index in [-0.39, 0.29) is 17.3 Å². The fourth-order valence-electron chi connectivity index (χ4n) is 2.44. The van der Waals surface area contributed by atoms with Gasteiger partial charge in [-0.15, -0.1) is 0 Å². The smallest absolute Gasteiger partial charge is 0.274 e. The zero-order chi connectivity index (χ0) is 19.4. The van der Waals surface area contributed by atoms with Crippen molar-refractivity contribution in [3.8, 4) is 0 Å². The van der Waals surface area contributed by atoms with E-state index in [0.29, 0.717) is 16.4 Å². The minimum Gasteiger partial charge on any atom is -0.319 e. The predicted molar refractivity (Wildman–Crippen MR) is 105 cm³/mol. The standard InChI is InChI=1S/C20H17ClN4O2/c1-12-5-3-7-16(22-12)19(26)24-15-10-9-14(21)11-18(15)25-20(27)17-8-4-6-13(2)23-17/h3-11H,1-2H3,(H,24,26)(H,25,27). The minimum absolute atomic E-state index is 0.271. The highest BCUT2D eigenvalue weighted by molar-refractivity contribution is 6.31. The van der Waals surface area contributed by atoms with E-state index in [4.69, 9.17) is 11.6 Å². The molecule has 0 bridgehead atoms. The van der Waals surface area contributed by atoms with Crippen LogP contribution in [-0.4, -0.2) is 21.8 Å². The zero-order valence-electron chi connectivity index (χ0n) is 14.8. The largest absolute Gasteiger partial charge is 0.319 e. The lowest BCUT2D eigenvalue weighted by Crippen LogP contribution is -2.18. The average molecular weight is 381 g/mol. The van der Waals surface area contributed by atoms with Gasteiger partial charge in [0, 0.05) is 16.4 Å². The number of aryl methyl sites for hydroxylation is 2.